The maximum Gasteiger partial charge on any atom is 0.407 e. The zero-order valence-electron chi connectivity index (χ0n) is 30.6. The number of hydrogen-bond acceptors (Lipinski definition) is 10. The molecule has 54 heavy (non-hydrogen) atoms. The quantitative estimate of drug-likeness (QED) is 0.143. The number of hydrogen-bond donors (Lipinski definition) is 4. The lowest BCUT2D eigenvalue weighted by Gasteiger charge is -2.37. The molecule has 2 saturated heterocycles. The fraction of sp³-hybridized carbons (Fsp3) is 0.421. The highest BCUT2D eigenvalue weighted by molar-refractivity contribution is 5.86. The van der Waals surface area contributed by atoms with Gasteiger partial charge in [0.05, 0.1) is 50.1 Å². The van der Waals surface area contributed by atoms with Crippen LogP contribution in [0.3, 0.4) is 0 Å². The lowest BCUT2D eigenvalue weighted by Crippen LogP contribution is -2.53. The number of nitrogens with zero attached hydrogens (tertiary/aromatic N) is 4. The molecule has 4 amide bonds. The van der Waals surface area contributed by atoms with E-state index in [-0.39, 0.29) is 36.4 Å². The van der Waals surface area contributed by atoms with Gasteiger partial charge in [-0.05, 0) is 74.4 Å². The second-order valence-electron chi connectivity index (χ2n) is 13.9. The number of rotatable bonds is 9. The van der Waals surface area contributed by atoms with Crippen LogP contribution < -0.4 is 20.1 Å². The Kier molecular flexibility index (Phi) is 10.4. The molecule has 3 aliphatic rings. The standard InChI is InChI=1S/C38H44N8O8/c1-21(2)33(44-38(50)52-4)36(48)46-14-6-5-8-27(46)35-40-19-25(43-35)23-11-13-29-31(17-23)54-28-12-10-22(16-30(28)53-29)24-18-39-34(42-24)26-9-7-15-45(26)32(47)20-41-37(49)51-3/h10-13,16-19,21,26-27,33H,5-9,14-15,20H2,1-4H3,(H,39,42)(H,40,43)(H,41,49)(H,44,50). The van der Waals surface area contributed by atoms with Crippen molar-refractivity contribution in [2.45, 2.75) is 64.1 Å². The van der Waals surface area contributed by atoms with Crippen LogP contribution in [0.2, 0.25) is 0 Å². The van der Waals surface area contributed by atoms with Crippen LogP contribution in [0.5, 0.6) is 23.0 Å². The number of ether oxygens (including phenoxy) is 4. The van der Waals surface area contributed by atoms with Gasteiger partial charge >= 0.3 is 12.2 Å². The van der Waals surface area contributed by atoms with E-state index >= 15 is 0 Å². The Labute approximate surface area is 311 Å². The molecule has 4 N–H and O–H groups in total. The molecule has 0 spiro atoms. The number of aromatic nitrogens is 4. The number of H-pyrrole nitrogens is 2. The van der Waals surface area contributed by atoms with Gasteiger partial charge in [-0.15, -0.1) is 0 Å². The predicted molar refractivity (Wildman–Crippen MR) is 195 cm³/mol. The van der Waals surface area contributed by atoms with E-state index in [0.29, 0.717) is 47.7 Å². The molecule has 3 unspecified atom stereocenters. The summed E-state index contributed by atoms with van der Waals surface area (Å²) in [6.07, 6.45) is 6.34. The molecule has 16 heteroatoms. The Morgan fingerprint density at radius 2 is 1.33 bits per heavy atom. The van der Waals surface area contributed by atoms with Gasteiger partial charge in [-0.1, -0.05) is 13.8 Å². The second-order valence-corrected chi connectivity index (χ2v) is 13.9. The molecule has 0 saturated carbocycles. The number of benzene rings is 2. The van der Waals surface area contributed by atoms with Crippen LogP contribution >= 0.6 is 0 Å². The Morgan fingerprint density at radius 3 is 1.91 bits per heavy atom. The van der Waals surface area contributed by atoms with Crippen molar-refractivity contribution in [3.8, 4) is 45.5 Å². The van der Waals surface area contributed by atoms with Crippen molar-refractivity contribution in [1.82, 2.24) is 40.4 Å². The van der Waals surface area contributed by atoms with Crippen molar-refractivity contribution >= 4 is 24.0 Å². The van der Waals surface area contributed by atoms with E-state index < -0.39 is 18.2 Å². The van der Waals surface area contributed by atoms with Gasteiger partial charge in [-0.3, -0.25) is 9.59 Å². The first kappa shape index (κ1) is 36.3. The third-order valence-corrected chi connectivity index (χ3v) is 10.1. The molecule has 2 aromatic heterocycles. The molecule has 16 nitrogen and oxygen atoms in total. The first-order chi connectivity index (χ1) is 26.1. The molecule has 0 aliphatic carbocycles. The van der Waals surface area contributed by atoms with Gasteiger partial charge in [0.2, 0.25) is 11.8 Å². The number of nitrogens with one attached hydrogen (secondary N) is 4. The van der Waals surface area contributed by atoms with Crippen molar-refractivity contribution in [3.05, 3.63) is 60.4 Å². The highest BCUT2D eigenvalue weighted by Crippen LogP contribution is 2.48. The number of methoxy groups -OCH3 is 2. The Hall–Kier alpha value is -6.06. The predicted octanol–water partition coefficient (Wildman–Crippen LogP) is 5.82. The largest absolute Gasteiger partial charge is 0.453 e. The summed E-state index contributed by atoms with van der Waals surface area (Å²) in [5.41, 5.74) is 3.20. The molecular weight excluding hydrogens is 696 g/mol. The van der Waals surface area contributed by atoms with E-state index in [1.165, 1.54) is 14.2 Å². The summed E-state index contributed by atoms with van der Waals surface area (Å²) in [5, 5.41) is 5.15. The molecular formula is C38H44N8O8. The number of amides is 4. The number of imidazole rings is 2. The van der Waals surface area contributed by atoms with E-state index in [0.717, 1.165) is 54.6 Å². The summed E-state index contributed by atoms with van der Waals surface area (Å²) in [6, 6.07) is 10.1. The topological polar surface area (TPSA) is 193 Å². The molecule has 5 heterocycles. The molecule has 3 atom stereocenters. The summed E-state index contributed by atoms with van der Waals surface area (Å²) < 4.78 is 21.9. The lowest BCUT2D eigenvalue weighted by atomic mass is 9.97. The van der Waals surface area contributed by atoms with Crippen molar-refractivity contribution in [1.29, 1.82) is 0 Å². The highest BCUT2D eigenvalue weighted by Gasteiger charge is 2.36. The van der Waals surface area contributed by atoms with Crippen LogP contribution in [-0.4, -0.2) is 93.6 Å². The van der Waals surface area contributed by atoms with E-state index in [1.807, 2.05) is 55.1 Å². The summed E-state index contributed by atoms with van der Waals surface area (Å²) in [4.78, 5) is 69.6. The van der Waals surface area contributed by atoms with Crippen LogP contribution in [0.1, 0.15) is 69.7 Å². The maximum atomic E-state index is 13.7. The molecule has 3 aliphatic heterocycles. The lowest BCUT2D eigenvalue weighted by molar-refractivity contribution is -0.138. The average Bonchev–Trinajstić information content (AvgIpc) is 3.99. The minimum absolute atomic E-state index is 0.129. The third-order valence-electron chi connectivity index (χ3n) is 10.1. The van der Waals surface area contributed by atoms with E-state index in [1.54, 1.807) is 17.3 Å². The number of aromatic amines is 2. The SMILES string of the molecule is COC(=O)NCC(=O)N1CCCC1c1ncc(-c2ccc3c(c2)Oc2ccc(-c4cnc(C5CCCCN5C(=O)C(NC(=O)OC)C(C)C)[nH]4)cc2O3)[nH]1. The van der Waals surface area contributed by atoms with Gasteiger partial charge in [0, 0.05) is 24.2 Å². The molecule has 0 radical (unpaired) electrons. The molecule has 7 rings (SSSR count). The van der Waals surface area contributed by atoms with Gasteiger partial charge in [0.1, 0.15) is 24.2 Å². The van der Waals surface area contributed by atoms with Gasteiger partial charge in [0.25, 0.3) is 0 Å². The van der Waals surface area contributed by atoms with Crippen molar-refractivity contribution < 1.29 is 38.1 Å². The summed E-state index contributed by atoms with van der Waals surface area (Å²) in [6.45, 7) is 4.78. The van der Waals surface area contributed by atoms with Crippen LogP contribution in [0.25, 0.3) is 22.5 Å². The smallest absolute Gasteiger partial charge is 0.407 e. The number of fused-ring (bicyclic) bond motifs is 2. The average molecular weight is 741 g/mol. The minimum Gasteiger partial charge on any atom is -0.453 e. The zero-order chi connectivity index (χ0) is 37.9. The minimum atomic E-state index is -0.717. The molecule has 284 valence electrons. The second kappa shape index (κ2) is 15.5. The highest BCUT2D eigenvalue weighted by atomic mass is 16.6. The molecule has 2 fully saturated rings. The van der Waals surface area contributed by atoms with Crippen LogP contribution in [0, 0.1) is 5.92 Å². The Bertz CT molecular complexity index is 2040. The number of carbonyl (C=O) groups excluding carboxylic acids is 4. The maximum absolute atomic E-state index is 13.7. The first-order valence-electron chi connectivity index (χ1n) is 18.1. The fourth-order valence-corrected chi connectivity index (χ4v) is 7.25. The van der Waals surface area contributed by atoms with Crippen LogP contribution in [0.15, 0.2) is 48.8 Å². The van der Waals surface area contributed by atoms with Gasteiger partial charge < -0.3 is 49.3 Å². The zero-order valence-corrected chi connectivity index (χ0v) is 30.6. The number of likely N-dealkylation sites (tertiary alicyclic amines) is 2. The fourth-order valence-electron chi connectivity index (χ4n) is 7.25. The molecule has 2 aromatic carbocycles. The summed E-state index contributed by atoms with van der Waals surface area (Å²) in [5.74, 6) is 3.04. The third kappa shape index (κ3) is 7.40. The van der Waals surface area contributed by atoms with Crippen LogP contribution in [-0.2, 0) is 19.1 Å². The van der Waals surface area contributed by atoms with Gasteiger partial charge in [-0.25, -0.2) is 19.6 Å². The van der Waals surface area contributed by atoms with E-state index in [2.05, 4.69) is 30.3 Å². The first-order valence-corrected chi connectivity index (χ1v) is 18.1. The number of carbonyl (C=O) groups is 4. The van der Waals surface area contributed by atoms with Gasteiger partial charge in [0.15, 0.2) is 23.0 Å². The normalized spacial score (nSPS) is 18.2. The molecule has 0 bridgehead atoms. The molecule has 4 aromatic rings. The summed E-state index contributed by atoms with van der Waals surface area (Å²) >= 11 is 0. The Balaban J connectivity index is 1.03. The summed E-state index contributed by atoms with van der Waals surface area (Å²) in [7, 11) is 2.54. The van der Waals surface area contributed by atoms with Crippen molar-refractivity contribution in [3.63, 3.8) is 0 Å². The Morgan fingerprint density at radius 1 is 0.778 bits per heavy atom. The van der Waals surface area contributed by atoms with Gasteiger partial charge in [-0.2, -0.15) is 0 Å². The monoisotopic (exact) mass is 740 g/mol. The van der Waals surface area contributed by atoms with Crippen molar-refractivity contribution in [2.75, 3.05) is 33.9 Å². The number of alkyl carbamates (subject to hydrolysis) is 2. The van der Waals surface area contributed by atoms with Crippen LogP contribution in [0.4, 0.5) is 9.59 Å². The van der Waals surface area contributed by atoms with E-state index in [4.69, 9.17) is 19.2 Å². The van der Waals surface area contributed by atoms with E-state index in [9.17, 15) is 19.2 Å². The van der Waals surface area contributed by atoms with Crippen molar-refractivity contribution in [2.24, 2.45) is 5.92 Å². The number of piperidine rings is 1.